The molecular formula is C26H28F3N5O2S. The Balaban J connectivity index is 1.31. The lowest BCUT2D eigenvalue weighted by Crippen LogP contribution is -2.52. The quantitative estimate of drug-likeness (QED) is 0.554. The first-order chi connectivity index (χ1) is 17.4. The highest BCUT2D eigenvalue weighted by Gasteiger charge is 2.60. The number of hydrogen-bond acceptors (Lipinski definition) is 4. The molecule has 0 radical (unpaired) electrons. The Labute approximate surface area is 213 Å². The number of pyridine rings is 1. The average molecular weight is 532 g/mol. The van der Waals surface area contributed by atoms with Gasteiger partial charge in [-0.05, 0) is 79.3 Å². The zero-order chi connectivity index (χ0) is 26.2. The van der Waals surface area contributed by atoms with E-state index >= 15 is 0 Å². The maximum Gasteiger partial charge on any atom is 0.402 e. The van der Waals surface area contributed by atoms with Crippen molar-refractivity contribution in [1.29, 1.82) is 0 Å². The predicted octanol–water partition coefficient (Wildman–Crippen LogP) is 4.03. The Hall–Kier alpha value is -2.76. The van der Waals surface area contributed by atoms with E-state index < -0.39 is 28.5 Å². The summed E-state index contributed by atoms with van der Waals surface area (Å²) in [7, 11) is -2.31. The highest BCUT2D eigenvalue weighted by atomic mass is 32.2. The molecule has 37 heavy (non-hydrogen) atoms. The van der Waals surface area contributed by atoms with Crippen LogP contribution in [-0.4, -0.2) is 52.3 Å². The third-order valence-electron chi connectivity index (χ3n) is 8.26. The van der Waals surface area contributed by atoms with Crippen molar-refractivity contribution in [2.75, 3.05) is 13.1 Å². The van der Waals surface area contributed by atoms with Crippen LogP contribution in [0, 0.1) is 18.8 Å². The molecule has 2 fully saturated rings. The standard InChI is InChI=1S/C26H28F3N5O2S/c1-16-3-8-22(30-13-16)24-12-23(31-33(24)2)18-5-4-17-10-20-6-7-21(11-19(17)9-18)25(20)14-34(15-26(27,28)29)37(35,36)32-25/h3-5,8-9,12-13,20-21,32H,6-7,10-11,14-15H2,1-2H3/t20-,21+,25+/m0/s1. The molecule has 2 aromatic heterocycles. The van der Waals surface area contributed by atoms with Crippen LogP contribution in [-0.2, 0) is 30.1 Å². The van der Waals surface area contributed by atoms with Crippen molar-refractivity contribution < 1.29 is 21.6 Å². The summed E-state index contributed by atoms with van der Waals surface area (Å²) in [6, 6.07) is 12.2. The van der Waals surface area contributed by atoms with E-state index in [0.717, 1.165) is 52.2 Å². The number of alkyl halides is 3. The number of aryl methyl sites for hydroxylation is 2. The molecular weight excluding hydrogens is 503 g/mol. The van der Waals surface area contributed by atoms with Crippen molar-refractivity contribution in [1.82, 2.24) is 23.8 Å². The maximum atomic E-state index is 13.1. The molecule has 3 aromatic rings. The Morgan fingerprint density at radius 2 is 1.78 bits per heavy atom. The van der Waals surface area contributed by atoms with E-state index in [9.17, 15) is 21.6 Å². The van der Waals surface area contributed by atoms with Gasteiger partial charge in [0.25, 0.3) is 10.2 Å². The average Bonchev–Trinajstić information content (AvgIpc) is 3.38. The summed E-state index contributed by atoms with van der Waals surface area (Å²) >= 11 is 0. The number of benzene rings is 1. The molecule has 0 unspecified atom stereocenters. The van der Waals surface area contributed by atoms with Crippen LogP contribution < -0.4 is 4.72 Å². The lowest BCUT2D eigenvalue weighted by molar-refractivity contribution is -0.136. The second-order valence-electron chi connectivity index (χ2n) is 10.7. The number of fused-ring (bicyclic) bond motifs is 1. The molecule has 0 amide bonds. The van der Waals surface area contributed by atoms with E-state index in [1.54, 1.807) is 4.68 Å². The van der Waals surface area contributed by atoms with Gasteiger partial charge in [-0.3, -0.25) is 9.67 Å². The molecule has 6 rings (SSSR count). The summed E-state index contributed by atoms with van der Waals surface area (Å²) in [5.74, 6) is -0.121. The normalized spacial score (nSPS) is 26.9. The van der Waals surface area contributed by atoms with E-state index in [1.165, 1.54) is 0 Å². The largest absolute Gasteiger partial charge is 0.402 e. The second-order valence-corrected chi connectivity index (χ2v) is 12.3. The van der Waals surface area contributed by atoms with Crippen LogP contribution in [0.1, 0.15) is 29.5 Å². The zero-order valence-corrected chi connectivity index (χ0v) is 21.4. The molecule has 11 heteroatoms. The molecule has 1 N–H and O–H groups in total. The van der Waals surface area contributed by atoms with E-state index in [2.05, 4.69) is 21.8 Å². The van der Waals surface area contributed by atoms with Gasteiger partial charge in [-0.15, -0.1) is 0 Å². The fourth-order valence-corrected chi connectivity index (χ4v) is 8.18. The minimum Gasteiger partial charge on any atom is -0.266 e. The summed E-state index contributed by atoms with van der Waals surface area (Å²) in [5, 5.41) is 4.71. The van der Waals surface area contributed by atoms with E-state index in [-0.39, 0.29) is 18.4 Å². The third-order valence-corrected chi connectivity index (χ3v) is 9.84. The first-order valence-corrected chi connectivity index (χ1v) is 13.8. The Morgan fingerprint density at radius 1 is 1.05 bits per heavy atom. The Morgan fingerprint density at radius 3 is 2.46 bits per heavy atom. The van der Waals surface area contributed by atoms with Gasteiger partial charge in [-0.2, -0.15) is 35.7 Å². The molecule has 3 aliphatic rings. The summed E-state index contributed by atoms with van der Waals surface area (Å²) in [4.78, 5) is 4.51. The molecule has 1 saturated heterocycles. The second kappa shape index (κ2) is 8.37. The first kappa shape index (κ1) is 24.6. The lowest BCUT2D eigenvalue weighted by atomic mass is 9.79. The highest BCUT2D eigenvalue weighted by Crippen LogP contribution is 2.50. The van der Waals surface area contributed by atoms with Crippen molar-refractivity contribution in [3.63, 3.8) is 0 Å². The molecule has 196 valence electrons. The smallest absolute Gasteiger partial charge is 0.266 e. The summed E-state index contributed by atoms with van der Waals surface area (Å²) in [6.45, 7) is 0.388. The maximum absolute atomic E-state index is 13.1. The first-order valence-electron chi connectivity index (χ1n) is 12.4. The van der Waals surface area contributed by atoms with Crippen molar-refractivity contribution in [2.45, 2.75) is 44.3 Å². The topological polar surface area (TPSA) is 80.1 Å². The van der Waals surface area contributed by atoms with E-state index in [4.69, 9.17) is 5.10 Å². The third kappa shape index (κ3) is 4.26. The van der Waals surface area contributed by atoms with Crippen LogP contribution in [0.15, 0.2) is 42.6 Å². The van der Waals surface area contributed by atoms with Crippen LogP contribution in [0.5, 0.6) is 0 Å². The van der Waals surface area contributed by atoms with Gasteiger partial charge in [0.2, 0.25) is 0 Å². The molecule has 1 aliphatic heterocycles. The summed E-state index contributed by atoms with van der Waals surface area (Å²) in [6.07, 6.45) is 0.0569. The number of nitrogens with zero attached hydrogens (tertiary/aromatic N) is 4. The van der Waals surface area contributed by atoms with Gasteiger partial charge in [0, 0.05) is 25.4 Å². The van der Waals surface area contributed by atoms with Gasteiger partial charge in [0.05, 0.1) is 22.6 Å². The van der Waals surface area contributed by atoms with Gasteiger partial charge >= 0.3 is 6.18 Å². The van der Waals surface area contributed by atoms with Gasteiger partial charge in [0.15, 0.2) is 0 Å². The minimum atomic E-state index is -4.59. The fourth-order valence-electron chi connectivity index (χ4n) is 6.47. The molecule has 3 heterocycles. The molecule has 1 spiro atoms. The zero-order valence-electron chi connectivity index (χ0n) is 20.6. The van der Waals surface area contributed by atoms with Crippen molar-refractivity contribution in [3.8, 4) is 22.6 Å². The minimum absolute atomic E-state index is 0.0494. The van der Waals surface area contributed by atoms with Gasteiger partial charge in [0.1, 0.15) is 6.54 Å². The van der Waals surface area contributed by atoms with Crippen molar-refractivity contribution in [3.05, 3.63) is 59.3 Å². The monoisotopic (exact) mass is 531 g/mol. The molecule has 1 aromatic carbocycles. The van der Waals surface area contributed by atoms with Crippen LogP contribution in [0.2, 0.25) is 0 Å². The molecule has 1 saturated carbocycles. The Bertz CT molecular complexity index is 1470. The molecule has 3 atom stereocenters. The molecule has 2 bridgehead atoms. The van der Waals surface area contributed by atoms with Crippen LogP contribution in [0.25, 0.3) is 22.6 Å². The van der Waals surface area contributed by atoms with Gasteiger partial charge in [-0.25, -0.2) is 0 Å². The number of halogens is 3. The fraction of sp³-hybridized carbons (Fsp3) is 0.462. The molecule has 7 nitrogen and oxygen atoms in total. The Kier molecular flexibility index (Phi) is 5.56. The lowest BCUT2D eigenvalue weighted by Gasteiger charge is -2.33. The highest BCUT2D eigenvalue weighted by molar-refractivity contribution is 7.87. The molecule has 2 aliphatic carbocycles. The summed E-state index contributed by atoms with van der Waals surface area (Å²) in [5.41, 5.74) is 5.92. The summed E-state index contributed by atoms with van der Waals surface area (Å²) < 4.78 is 69.9. The van der Waals surface area contributed by atoms with Gasteiger partial charge in [-0.1, -0.05) is 18.2 Å². The predicted molar refractivity (Wildman–Crippen MR) is 133 cm³/mol. The number of aromatic nitrogens is 3. The van der Waals surface area contributed by atoms with E-state index in [1.807, 2.05) is 44.4 Å². The van der Waals surface area contributed by atoms with Crippen LogP contribution >= 0.6 is 0 Å². The van der Waals surface area contributed by atoms with E-state index in [0.29, 0.717) is 17.1 Å². The van der Waals surface area contributed by atoms with Crippen LogP contribution in [0.3, 0.4) is 0 Å². The van der Waals surface area contributed by atoms with Gasteiger partial charge < -0.3 is 0 Å². The number of nitrogens with one attached hydrogen (secondary N) is 1. The van der Waals surface area contributed by atoms with Crippen molar-refractivity contribution in [2.24, 2.45) is 18.9 Å². The SMILES string of the molecule is Cc1ccc(-c2cc(-c3ccc4c(c3)C[C@H]3CC[C@@H](C4)[C@]34CN(CC(F)(F)F)S(=O)(=O)N4)nn2C)nc1. The van der Waals surface area contributed by atoms with Crippen LogP contribution in [0.4, 0.5) is 13.2 Å². The van der Waals surface area contributed by atoms with Crippen molar-refractivity contribution >= 4 is 10.2 Å². The number of hydrogen-bond donors (Lipinski definition) is 1. The number of rotatable bonds is 3.